The zero-order valence-electron chi connectivity index (χ0n) is 11.1. The second-order valence-electron chi connectivity index (χ2n) is 3.63. The molecular formula is C12H16N2O4Si. The number of carbonyl (C=O) groups is 1. The summed E-state index contributed by atoms with van der Waals surface area (Å²) in [7, 11) is 1.63. The quantitative estimate of drug-likeness (QED) is 0.773. The molecule has 1 aromatic rings. The lowest BCUT2D eigenvalue weighted by atomic mass is 10.3. The number of carbonyl (C=O) groups excluding carboxylic acids is 1. The van der Waals surface area contributed by atoms with E-state index in [4.69, 9.17) is 18.5 Å². The van der Waals surface area contributed by atoms with Crippen LogP contribution >= 0.6 is 0 Å². The number of amides is 1. The van der Waals surface area contributed by atoms with Crippen molar-refractivity contribution < 1.29 is 18.1 Å². The molecule has 0 atom stereocenters. The molecule has 102 valence electrons. The van der Waals surface area contributed by atoms with Crippen LogP contribution in [0.25, 0.3) is 0 Å². The molecule has 7 heteroatoms. The third-order valence-electron chi connectivity index (χ3n) is 2.55. The number of anilines is 1. The molecular weight excluding hydrogens is 264 g/mol. The van der Waals surface area contributed by atoms with E-state index >= 15 is 0 Å². The standard InChI is InChI=1S/C12H16N2O4Si/c1-16-19(17-2,18-3)11-6-4-5-10(9-11)14-12(15)7-8-13/h4-6,9H,7H2,1-3H3,(H,14,15). The first-order valence-electron chi connectivity index (χ1n) is 5.54. The van der Waals surface area contributed by atoms with Gasteiger partial charge in [0, 0.05) is 32.2 Å². The highest BCUT2D eigenvalue weighted by Crippen LogP contribution is 2.11. The first kappa shape index (κ1) is 15.3. The molecule has 0 saturated heterocycles. The zero-order chi connectivity index (χ0) is 14.3. The molecule has 0 spiro atoms. The second-order valence-corrected chi connectivity index (χ2v) is 6.55. The fourth-order valence-corrected chi connectivity index (χ4v) is 3.51. The van der Waals surface area contributed by atoms with Gasteiger partial charge in [-0.3, -0.25) is 4.79 Å². The van der Waals surface area contributed by atoms with Crippen LogP contribution in [0.3, 0.4) is 0 Å². The molecule has 1 rings (SSSR count). The van der Waals surface area contributed by atoms with Gasteiger partial charge in [-0.05, 0) is 12.1 Å². The van der Waals surface area contributed by atoms with Gasteiger partial charge in [-0.1, -0.05) is 12.1 Å². The average Bonchev–Trinajstić information content (AvgIpc) is 2.42. The Kier molecular flexibility index (Phi) is 5.66. The van der Waals surface area contributed by atoms with Gasteiger partial charge in [-0.15, -0.1) is 0 Å². The van der Waals surface area contributed by atoms with E-state index in [0.29, 0.717) is 5.69 Å². The first-order valence-corrected chi connectivity index (χ1v) is 7.27. The van der Waals surface area contributed by atoms with Crippen LogP contribution in [-0.4, -0.2) is 36.0 Å². The lowest BCUT2D eigenvalue weighted by Gasteiger charge is -2.24. The van der Waals surface area contributed by atoms with Crippen LogP contribution in [0.15, 0.2) is 24.3 Å². The molecule has 0 aliphatic heterocycles. The maximum Gasteiger partial charge on any atom is 0.536 e. The Bertz CT molecular complexity index is 475. The van der Waals surface area contributed by atoms with Crippen molar-refractivity contribution in [3.05, 3.63) is 24.3 Å². The van der Waals surface area contributed by atoms with Gasteiger partial charge in [-0.2, -0.15) is 5.26 Å². The molecule has 0 unspecified atom stereocenters. The summed E-state index contributed by atoms with van der Waals surface area (Å²) in [5, 5.41) is 11.8. The minimum atomic E-state index is -2.91. The Morgan fingerprint density at radius 1 is 1.32 bits per heavy atom. The molecule has 1 N–H and O–H groups in total. The number of hydrogen-bond acceptors (Lipinski definition) is 5. The van der Waals surface area contributed by atoms with Gasteiger partial charge in [0.15, 0.2) is 0 Å². The maximum absolute atomic E-state index is 11.4. The van der Waals surface area contributed by atoms with Crippen molar-refractivity contribution in [3.63, 3.8) is 0 Å². The topological polar surface area (TPSA) is 80.6 Å². The van der Waals surface area contributed by atoms with Crippen LogP contribution in [0.5, 0.6) is 0 Å². The van der Waals surface area contributed by atoms with E-state index in [1.165, 1.54) is 21.3 Å². The first-order chi connectivity index (χ1) is 9.11. The number of benzene rings is 1. The van der Waals surface area contributed by atoms with E-state index in [-0.39, 0.29) is 12.3 Å². The Morgan fingerprint density at radius 3 is 2.47 bits per heavy atom. The average molecular weight is 280 g/mol. The monoisotopic (exact) mass is 280 g/mol. The van der Waals surface area contributed by atoms with Crippen LogP contribution in [-0.2, 0) is 18.1 Å². The van der Waals surface area contributed by atoms with Crippen molar-refractivity contribution in [3.8, 4) is 6.07 Å². The van der Waals surface area contributed by atoms with Crippen LogP contribution in [0, 0.1) is 11.3 Å². The van der Waals surface area contributed by atoms with Crippen molar-refractivity contribution >= 4 is 25.6 Å². The summed E-state index contributed by atoms with van der Waals surface area (Å²) in [6, 6.07) is 8.80. The summed E-state index contributed by atoms with van der Waals surface area (Å²) in [5.74, 6) is -0.362. The van der Waals surface area contributed by atoms with E-state index in [0.717, 1.165) is 5.19 Å². The number of nitrogens with one attached hydrogen (secondary N) is 1. The molecule has 0 fully saturated rings. The van der Waals surface area contributed by atoms with E-state index < -0.39 is 8.80 Å². The normalized spacial score (nSPS) is 10.8. The van der Waals surface area contributed by atoms with Gasteiger partial charge in [0.2, 0.25) is 5.91 Å². The van der Waals surface area contributed by atoms with Crippen molar-refractivity contribution in [2.24, 2.45) is 0 Å². The molecule has 1 amide bonds. The molecule has 0 aromatic heterocycles. The van der Waals surface area contributed by atoms with E-state index in [1.807, 2.05) is 6.07 Å². The van der Waals surface area contributed by atoms with Crippen LogP contribution in [0.4, 0.5) is 5.69 Å². The lowest BCUT2D eigenvalue weighted by Crippen LogP contribution is -2.54. The largest absolute Gasteiger partial charge is 0.536 e. The highest BCUT2D eigenvalue weighted by molar-refractivity contribution is 6.75. The second kappa shape index (κ2) is 7.01. The summed E-state index contributed by atoms with van der Waals surface area (Å²) in [6.45, 7) is 0. The molecule has 0 heterocycles. The molecule has 0 bridgehead atoms. The molecule has 0 radical (unpaired) electrons. The number of nitrogens with zero attached hydrogens (tertiary/aromatic N) is 1. The Morgan fingerprint density at radius 2 is 1.95 bits per heavy atom. The molecule has 19 heavy (non-hydrogen) atoms. The number of hydrogen-bond donors (Lipinski definition) is 1. The fraction of sp³-hybridized carbons (Fsp3) is 0.333. The van der Waals surface area contributed by atoms with Gasteiger partial charge in [0.25, 0.3) is 0 Å². The molecule has 0 aliphatic carbocycles. The third kappa shape index (κ3) is 3.62. The number of nitriles is 1. The lowest BCUT2D eigenvalue weighted by molar-refractivity contribution is -0.115. The summed E-state index contributed by atoms with van der Waals surface area (Å²) < 4.78 is 16.1. The van der Waals surface area contributed by atoms with Gasteiger partial charge in [0.05, 0.1) is 6.07 Å². The summed E-state index contributed by atoms with van der Waals surface area (Å²) in [6.07, 6.45) is -0.189. The maximum atomic E-state index is 11.4. The Labute approximate surface area is 113 Å². The zero-order valence-corrected chi connectivity index (χ0v) is 12.1. The van der Waals surface area contributed by atoms with Crippen LogP contribution < -0.4 is 10.5 Å². The minimum Gasteiger partial charge on any atom is -0.373 e. The highest BCUT2D eigenvalue weighted by atomic mass is 28.4. The van der Waals surface area contributed by atoms with Crippen molar-refractivity contribution in [2.45, 2.75) is 6.42 Å². The summed E-state index contributed by atoms with van der Waals surface area (Å²) in [5.41, 5.74) is 0.570. The van der Waals surface area contributed by atoms with E-state index in [9.17, 15) is 4.79 Å². The fourth-order valence-electron chi connectivity index (χ4n) is 1.67. The predicted octanol–water partition coefficient (Wildman–Crippen LogP) is 0.624. The van der Waals surface area contributed by atoms with Gasteiger partial charge < -0.3 is 18.6 Å². The smallest absolute Gasteiger partial charge is 0.373 e. The summed E-state index contributed by atoms with van der Waals surface area (Å²) in [4.78, 5) is 11.4. The predicted molar refractivity (Wildman–Crippen MR) is 71.7 cm³/mol. The van der Waals surface area contributed by atoms with E-state index in [2.05, 4.69) is 5.32 Å². The Balaban J connectivity index is 2.99. The summed E-state index contributed by atoms with van der Waals surface area (Å²) >= 11 is 0. The van der Waals surface area contributed by atoms with Crippen LogP contribution in [0.2, 0.25) is 0 Å². The van der Waals surface area contributed by atoms with Gasteiger partial charge in [0.1, 0.15) is 6.42 Å². The minimum absolute atomic E-state index is 0.189. The van der Waals surface area contributed by atoms with Crippen molar-refractivity contribution in [1.82, 2.24) is 0 Å². The SMILES string of the molecule is CO[Si](OC)(OC)c1cccc(NC(=O)CC#N)c1. The highest BCUT2D eigenvalue weighted by Gasteiger charge is 2.40. The number of rotatable bonds is 6. The van der Waals surface area contributed by atoms with E-state index in [1.54, 1.807) is 24.3 Å². The van der Waals surface area contributed by atoms with Crippen LogP contribution in [0.1, 0.15) is 6.42 Å². The third-order valence-corrected chi connectivity index (χ3v) is 5.18. The Hall–Kier alpha value is -1.72. The molecule has 6 nitrogen and oxygen atoms in total. The molecule has 0 saturated carbocycles. The molecule has 0 aliphatic rings. The van der Waals surface area contributed by atoms with Crippen molar-refractivity contribution in [2.75, 3.05) is 26.6 Å². The van der Waals surface area contributed by atoms with Gasteiger partial charge >= 0.3 is 8.80 Å². The van der Waals surface area contributed by atoms with Crippen molar-refractivity contribution in [1.29, 1.82) is 5.26 Å². The van der Waals surface area contributed by atoms with Gasteiger partial charge in [-0.25, -0.2) is 0 Å². The molecule has 1 aromatic carbocycles.